The number of carbonyl (C=O) groups is 1. The third kappa shape index (κ3) is 4.29. The predicted octanol–water partition coefficient (Wildman–Crippen LogP) is 2.18. The van der Waals surface area contributed by atoms with Crippen LogP contribution >= 0.6 is 0 Å². The van der Waals surface area contributed by atoms with E-state index in [1.807, 2.05) is 32.9 Å². The first-order valence-electron chi connectivity index (χ1n) is 7.82. The highest BCUT2D eigenvalue weighted by Gasteiger charge is 2.15. The maximum atomic E-state index is 12.4. The Morgan fingerprint density at radius 3 is 2.62 bits per heavy atom. The van der Waals surface area contributed by atoms with E-state index < -0.39 is 0 Å². The minimum Gasteiger partial charge on any atom is -0.494 e. The average Bonchev–Trinajstić information content (AvgIpc) is 2.49. The summed E-state index contributed by atoms with van der Waals surface area (Å²) >= 11 is 0. The first-order chi connectivity index (χ1) is 10.1. The van der Waals surface area contributed by atoms with Gasteiger partial charge in [0.15, 0.2) is 5.78 Å². The summed E-state index contributed by atoms with van der Waals surface area (Å²) in [5.41, 5.74) is 2.88. The molecule has 4 nitrogen and oxygen atoms in total. The lowest BCUT2D eigenvalue weighted by atomic mass is 9.99. The van der Waals surface area contributed by atoms with Gasteiger partial charge < -0.3 is 15.0 Å². The van der Waals surface area contributed by atoms with Gasteiger partial charge in [-0.3, -0.25) is 4.79 Å². The molecule has 0 aromatic heterocycles. The van der Waals surface area contributed by atoms with Gasteiger partial charge in [-0.1, -0.05) is 0 Å². The van der Waals surface area contributed by atoms with Gasteiger partial charge in [0.1, 0.15) is 5.75 Å². The molecule has 0 spiro atoms. The number of nitrogens with one attached hydrogen (secondary N) is 1. The smallest absolute Gasteiger partial charge is 0.164 e. The van der Waals surface area contributed by atoms with Gasteiger partial charge in [0.2, 0.25) is 0 Å². The second-order valence-electron chi connectivity index (χ2n) is 5.63. The monoisotopic (exact) mass is 290 g/mol. The van der Waals surface area contributed by atoms with Crippen molar-refractivity contribution in [3.05, 3.63) is 28.8 Å². The number of Topliss-reactive ketones (excluding diaryl/α,β-unsaturated/α-hetero) is 1. The Hall–Kier alpha value is -1.39. The molecule has 0 bridgehead atoms. The highest BCUT2D eigenvalue weighted by atomic mass is 16.5. The topological polar surface area (TPSA) is 41.6 Å². The predicted molar refractivity (Wildman–Crippen MR) is 85.3 cm³/mol. The van der Waals surface area contributed by atoms with E-state index in [2.05, 4.69) is 10.2 Å². The number of aryl methyl sites for hydroxylation is 2. The fourth-order valence-electron chi connectivity index (χ4n) is 2.73. The number of benzene rings is 1. The highest BCUT2D eigenvalue weighted by Crippen LogP contribution is 2.24. The van der Waals surface area contributed by atoms with Gasteiger partial charge in [-0.05, 0) is 44.0 Å². The number of carbonyl (C=O) groups excluding carboxylic acids is 1. The van der Waals surface area contributed by atoms with E-state index in [0.717, 1.165) is 55.2 Å². The maximum absolute atomic E-state index is 12.4. The van der Waals surface area contributed by atoms with Crippen LogP contribution in [0, 0.1) is 13.8 Å². The molecule has 21 heavy (non-hydrogen) atoms. The summed E-state index contributed by atoms with van der Waals surface area (Å²) in [5.74, 6) is 1.12. The number of piperazine rings is 1. The molecule has 0 saturated carbocycles. The Labute approximate surface area is 127 Å². The molecular weight excluding hydrogens is 264 g/mol. The van der Waals surface area contributed by atoms with Gasteiger partial charge in [-0.2, -0.15) is 0 Å². The lowest BCUT2D eigenvalue weighted by molar-refractivity contribution is 0.0960. The minimum atomic E-state index is 0.234. The molecule has 0 unspecified atom stereocenters. The van der Waals surface area contributed by atoms with Crippen LogP contribution < -0.4 is 10.1 Å². The van der Waals surface area contributed by atoms with Crippen LogP contribution in [0.4, 0.5) is 0 Å². The van der Waals surface area contributed by atoms with Crippen molar-refractivity contribution in [2.75, 3.05) is 39.3 Å². The zero-order valence-electron chi connectivity index (χ0n) is 13.4. The molecule has 116 valence electrons. The Kier molecular flexibility index (Phi) is 5.76. The van der Waals surface area contributed by atoms with Gasteiger partial charge in [-0.15, -0.1) is 0 Å². The van der Waals surface area contributed by atoms with Crippen LogP contribution in [-0.4, -0.2) is 50.0 Å². The number of hydrogen-bond acceptors (Lipinski definition) is 4. The van der Waals surface area contributed by atoms with Crippen LogP contribution in [0.15, 0.2) is 12.1 Å². The lowest BCUT2D eigenvalue weighted by Crippen LogP contribution is -2.44. The van der Waals surface area contributed by atoms with Crippen molar-refractivity contribution in [3.8, 4) is 5.75 Å². The second kappa shape index (κ2) is 7.57. The Balaban J connectivity index is 1.99. The summed E-state index contributed by atoms with van der Waals surface area (Å²) in [6.07, 6.45) is 0.592. The van der Waals surface area contributed by atoms with Gasteiger partial charge in [0, 0.05) is 44.7 Å². The second-order valence-corrected chi connectivity index (χ2v) is 5.63. The molecule has 1 N–H and O–H groups in total. The number of rotatable bonds is 6. The van der Waals surface area contributed by atoms with Gasteiger partial charge in [0.05, 0.1) is 6.61 Å². The van der Waals surface area contributed by atoms with Crippen molar-refractivity contribution in [3.63, 3.8) is 0 Å². The average molecular weight is 290 g/mol. The molecule has 1 aliphatic heterocycles. The molecule has 0 radical (unpaired) electrons. The number of hydrogen-bond donors (Lipinski definition) is 1. The summed E-state index contributed by atoms with van der Waals surface area (Å²) in [7, 11) is 0. The van der Waals surface area contributed by atoms with Crippen molar-refractivity contribution in [2.24, 2.45) is 0 Å². The van der Waals surface area contributed by atoms with Gasteiger partial charge >= 0.3 is 0 Å². The van der Waals surface area contributed by atoms with E-state index in [1.165, 1.54) is 0 Å². The minimum absolute atomic E-state index is 0.234. The van der Waals surface area contributed by atoms with E-state index in [-0.39, 0.29) is 5.78 Å². The van der Waals surface area contributed by atoms with Crippen molar-refractivity contribution in [1.82, 2.24) is 10.2 Å². The molecule has 0 atom stereocenters. The summed E-state index contributed by atoms with van der Waals surface area (Å²) in [6.45, 7) is 11.6. The van der Waals surface area contributed by atoms with E-state index in [0.29, 0.717) is 13.0 Å². The number of ketones is 1. The van der Waals surface area contributed by atoms with E-state index in [9.17, 15) is 4.79 Å². The van der Waals surface area contributed by atoms with Crippen LogP contribution in [0.1, 0.15) is 34.8 Å². The van der Waals surface area contributed by atoms with Crippen molar-refractivity contribution < 1.29 is 9.53 Å². The largest absolute Gasteiger partial charge is 0.494 e. The molecule has 1 aromatic rings. The van der Waals surface area contributed by atoms with E-state index >= 15 is 0 Å². The van der Waals surface area contributed by atoms with Gasteiger partial charge in [0.25, 0.3) is 0 Å². The molecular formula is C17H26N2O2. The Morgan fingerprint density at radius 2 is 1.95 bits per heavy atom. The summed E-state index contributed by atoms with van der Waals surface area (Å²) in [5, 5.41) is 3.33. The van der Waals surface area contributed by atoms with Crippen molar-refractivity contribution in [2.45, 2.75) is 27.2 Å². The molecule has 0 amide bonds. The first kappa shape index (κ1) is 16.0. The SMILES string of the molecule is CCOc1cc(C)c(C(=O)CCN2CCNCC2)cc1C. The normalized spacial score (nSPS) is 16.0. The first-order valence-corrected chi connectivity index (χ1v) is 7.82. The molecule has 4 heteroatoms. The van der Waals surface area contributed by atoms with Crippen molar-refractivity contribution >= 4 is 5.78 Å². The quantitative estimate of drug-likeness (QED) is 0.815. The fourth-order valence-corrected chi connectivity index (χ4v) is 2.73. The molecule has 1 heterocycles. The molecule has 0 aliphatic carbocycles. The van der Waals surface area contributed by atoms with Crippen LogP contribution in [-0.2, 0) is 0 Å². The van der Waals surface area contributed by atoms with E-state index in [1.54, 1.807) is 0 Å². The standard InChI is InChI=1S/C17H26N2O2/c1-4-21-17-12-13(2)15(11-14(17)3)16(20)5-8-19-9-6-18-7-10-19/h11-12,18H,4-10H2,1-3H3. The molecule has 1 aliphatic rings. The lowest BCUT2D eigenvalue weighted by Gasteiger charge is -2.26. The molecule has 1 aromatic carbocycles. The number of nitrogens with zero attached hydrogens (tertiary/aromatic N) is 1. The summed E-state index contributed by atoms with van der Waals surface area (Å²) < 4.78 is 5.58. The molecule has 2 rings (SSSR count). The zero-order valence-corrected chi connectivity index (χ0v) is 13.4. The van der Waals surface area contributed by atoms with Crippen LogP contribution in [0.3, 0.4) is 0 Å². The van der Waals surface area contributed by atoms with Crippen LogP contribution in [0.25, 0.3) is 0 Å². The summed E-state index contributed by atoms with van der Waals surface area (Å²) in [4.78, 5) is 14.8. The molecule has 1 saturated heterocycles. The van der Waals surface area contributed by atoms with Gasteiger partial charge in [-0.25, -0.2) is 0 Å². The van der Waals surface area contributed by atoms with Crippen LogP contribution in [0.5, 0.6) is 5.75 Å². The maximum Gasteiger partial charge on any atom is 0.164 e. The van der Waals surface area contributed by atoms with Crippen molar-refractivity contribution in [1.29, 1.82) is 0 Å². The third-order valence-electron chi connectivity index (χ3n) is 3.99. The zero-order chi connectivity index (χ0) is 15.2. The molecule has 1 fully saturated rings. The summed E-state index contributed by atoms with van der Waals surface area (Å²) in [6, 6.07) is 3.96. The Morgan fingerprint density at radius 1 is 1.24 bits per heavy atom. The fraction of sp³-hybridized carbons (Fsp3) is 0.588. The van der Waals surface area contributed by atoms with Crippen LogP contribution in [0.2, 0.25) is 0 Å². The van der Waals surface area contributed by atoms with E-state index in [4.69, 9.17) is 4.74 Å². The third-order valence-corrected chi connectivity index (χ3v) is 3.99. The Bertz CT molecular complexity index is 494. The number of ether oxygens (including phenoxy) is 1. The highest BCUT2D eigenvalue weighted by molar-refractivity contribution is 5.98.